The van der Waals surface area contributed by atoms with Crippen LogP contribution in [0, 0.1) is 12.7 Å². The number of rotatable bonds is 13. The van der Waals surface area contributed by atoms with E-state index in [9.17, 15) is 23.1 Å². The van der Waals surface area contributed by atoms with E-state index in [0.717, 1.165) is 37.3 Å². The van der Waals surface area contributed by atoms with Crippen LogP contribution in [0.4, 0.5) is 47.2 Å². The Labute approximate surface area is 368 Å². The number of methoxy groups -OCH3 is 2. The van der Waals surface area contributed by atoms with E-state index in [4.69, 9.17) is 14.2 Å². The van der Waals surface area contributed by atoms with Crippen molar-refractivity contribution >= 4 is 40.4 Å². The zero-order chi connectivity index (χ0) is 46.1. The molecule has 7 rings (SSSR count). The molecule has 2 fully saturated rings. The third kappa shape index (κ3) is 10.3. The maximum atomic E-state index is 17.8. The fraction of sp³-hybridized carbons (Fsp3) is 0.409. The lowest BCUT2D eigenvalue weighted by Gasteiger charge is -2.39. The second-order valence-corrected chi connectivity index (χ2v) is 16.9. The first-order valence-electron chi connectivity index (χ1n) is 20.3. The molecule has 1 N–H and O–H groups in total. The summed E-state index contributed by atoms with van der Waals surface area (Å²) in [7, 11) is 4.90. The second kappa shape index (κ2) is 18.8. The highest BCUT2D eigenvalue weighted by Gasteiger charge is 2.41. The number of thioether (sulfide) groups is 1. The van der Waals surface area contributed by atoms with Gasteiger partial charge in [-0.25, -0.2) is 14.2 Å². The van der Waals surface area contributed by atoms with E-state index in [0.29, 0.717) is 22.6 Å². The number of halogens is 7. The van der Waals surface area contributed by atoms with E-state index in [-0.39, 0.29) is 68.4 Å². The second-order valence-electron chi connectivity index (χ2n) is 15.8. The van der Waals surface area contributed by atoms with Crippen LogP contribution in [0.1, 0.15) is 42.0 Å². The van der Waals surface area contributed by atoms with Gasteiger partial charge >= 0.3 is 23.8 Å². The SMILES string of the molecule is COc1ccc(CN(Cc2ccc(OC)cc2)c2cc(C)c(C(F)(F)F)c(-c3c(SC(F)(F)F)cc4c(N5CCN(C(=O)O)C[C@@H]5C)nc(OCC5CCCN5C)nc4c3F)n2)cc1. The number of carbonyl (C=O) groups is 1. The summed E-state index contributed by atoms with van der Waals surface area (Å²) in [5.74, 6) is -0.528. The molecule has 342 valence electrons. The highest BCUT2D eigenvalue weighted by Crippen LogP contribution is 2.49. The smallest absolute Gasteiger partial charge is 0.446 e. The van der Waals surface area contributed by atoms with Gasteiger partial charge in [0.05, 0.1) is 31.0 Å². The number of amides is 1. The molecule has 0 spiro atoms. The number of aromatic nitrogens is 3. The molecule has 2 atom stereocenters. The first-order valence-corrected chi connectivity index (χ1v) is 21.1. The van der Waals surface area contributed by atoms with Crippen LogP contribution in [0.25, 0.3) is 22.2 Å². The molecule has 5 aromatic rings. The zero-order valence-corrected chi connectivity index (χ0v) is 36.4. The molecular weight excluding hydrogens is 872 g/mol. The molecule has 2 aromatic heterocycles. The summed E-state index contributed by atoms with van der Waals surface area (Å²) in [6.07, 6.45) is -4.72. The van der Waals surface area contributed by atoms with Crippen LogP contribution in [-0.2, 0) is 19.3 Å². The molecule has 2 aliphatic heterocycles. The molecule has 0 saturated carbocycles. The van der Waals surface area contributed by atoms with Crippen molar-refractivity contribution in [2.24, 2.45) is 0 Å². The first kappa shape index (κ1) is 46.2. The molecule has 0 radical (unpaired) electrons. The number of ether oxygens (including phenoxy) is 3. The zero-order valence-electron chi connectivity index (χ0n) is 35.6. The normalized spacial score (nSPS) is 17.2. The van der Waals surface area contributed by atoms with Gasteiger partial charge in [0.15, 0.2) is 5.82 Å². The van der Waals surface area contributed by atoms with E-state index in [2.05, 4.69) is 19.9 Å². The summed E-state index contributed by atoms with van der Waals surface area (Å²) in [6, 6.07) is 14.9. The summed E-state index contributed by atoms with van der Waals surface area (Å²) in [5.41, 5.74) is -8.29. The standard InChI is InChI=1S/C44H46F7N7O5S/c1-25-19-34(57(22-27-8-12-30(61-4)13-9-27)23-28-10-14-31(62-5)15-11-28)52-39(36(25)43(46,47)48)35-33(64-44(49,50)51)20-32-38(37(35)45)53-41(63-24-29-7-6-16-55(29)3)54-40(32)58-18-17-56(42(59)60)21-26(58)2/h8-15,19-20,26,29H,6-7,16-18,21-24H2,1-5H3,(H,59,60)/t26-,29?/m0/s1. The number of likely N-dealkylation sites (N-methyl/N-ethyl adjacent to an activating group) is 1. The number of hydrogen-bond acceptors (Lipinski definition) is 11. The van der Waals surface area contributed by atoms with Crippen molar-refractivity contribution in [3.63, 3.8) is 0 Å². The number of aryl methyl sites for hydroxylation is 1. The maximum absolute atomic E-state index is 17.8. The van der Waals surface area contributed by atoms with Gasteiger partial charge in [-0.15, -0.1) is 0 Å². The van der Waals surface area contributed by atoms with Crippen molar-refractivity contribution in [3.05, 3.63) is 88.7 Å². The number of pyridine rings is 1. The van der Waals surface area contributed by atoms with Gasteiger partial charge in [0.2, 0.25) is 0 Å². The van der Waals surface area contributed by atoms with Crippen molar-refractivity contribution in [1.82, 2.24) is 24.8 Å². The minimum Gasteiger partial charge on any atom is -0.497 e. The van der Waals surface area contributed by atoms with Gasteiger partial charge in [0.25, 0.3) is 0 Å². The summed E-state index contributed by atoms with van der Waals surface area (Å²) >= 11 is -0.787. The molecule has 2 saturated heterocycles. The Hall–Kier alpha value is -5.76. The van der Waals surface area contributed by atoms with Crippen LogP contribution < -0.4 is 24.0 Å². The Balaban J connectivity index is 1.46. The average Bonchev–Trinajstić information content (AvgIpc) is 3.66. The molecule has 3 aromatic carbocycles. The Morgan fingerprint density at radius 2 is 1.53 bits per heavy atom. The molecule has 0 aliphatic carbocycles. The van der Waals surface area contributed by atoms with E-state index in [1.165, 1.54) is 20.3 Å². The maximum Gasteiger partial charge on any atom is 0.446 e. The van der Waals surface area contributed by atoms with Gasteiger partial charge in [-0.2, -0.15) is 36.3 Å². The number of anilines is 2. The Kier molecular flexibility index (Phi) is 13.6. The summed E-state index contributed by atoms with van der Waals surface area (Å²) < 4.78 is 124. The van der Waals surface area contributed by atoms with Crippen LogP contribution in [-0.4, -0.2) is 108 Å². The van der Waals surface area contributed by atoms with Crippen LogP contribution in [0.15, 0.2) is 65.6 Å². The van der Waals surface area contributed by atoms with Gasteiger partial charge in [-0.1, -0.05) is 24.3 Å². The van der Waals surface area contributed by atoms with Crippen LogP contribution in [0.3, 0.4) is 0 Å². The molecule has 0 bridgehead atoms. The molecule has 20 heteroatoms. The predicted octanol–water partition coefficient (Wildman–Crippen LogP) is 9.66. The number of fused-ring (bicyclic) bond motifs is 1. The largest absolute Gasteiger partial charge is 0.497 e. The lowest BCUT2D eigenvalue weighted by atomic mass is 9.98. The van der Waals surface area contributed by atoms with Crippen molar-refractivity contribution in [3.8, 4) is 28.8 Å². The molecular formula is C44H46F7N7O5S. The Morgan fingerprint density at radius 1 is 0.906 bits per heavy atom. The first-order chi connectivity index (χ1) is 30.3. The molecule has 1 unspecified atom stereocenters. The summed E-state index contributed by atoms with van der Waals surface area (Å²) in [5, 5.41) is 9.44. The van der Waals surface area contributed by atoms with Gasteiger partial charge in [-0.05, 0) is 105 Å². The Morgan fingerprint density at radius 3 is 2.05 bits per heavy atom. The predicted molar refractivity (Wildman–Crippen MR) is 228 cm³/mol. The van der Waals surface area contributed by atoms with Crippen molar-refractivity contribution < 1.29 is 54.8 Å². The van der Waals surface area contributed by atoms with Gasteiger partial charge in [0.1, 0.15) is 35.3 Å². The summed E-state index contributed by atoms with van der Waals surface area (Å²) in [4.78, 5) is 30.7. The number of piperazine rings is 1. The van der Waals surface area contributed by atoms with Crippen molar-refractivity contribution in [1.29, 1.82) is 0 Å². The quantitative estimate of drug-likeness (QED) is 0.0896. The van der Waals surface area contributed by atoms with Gasteiger partial charge in [0, 0.05) is 55.1 Å². The number of carboxylic acid groups (broad SMARTS) is 1. The number of alkyl halides is 6. The molecule has 2 aliphatic rings. The minimum atomic E-state index is -5.21. The van der Waals surface area contributed by atoms with Crippen molar-refractivity contribution in [2.45, 2.75) is 68.4 Å². The van der Waals surface area contributed by atoms with Gasteiger partial charge in [-0.3, -0.25) is 0 Å². The van der Waals surface area contributed by atoms with E-state index in [1.807, 2.05) is 7.05 Å². The minimum absolute atomic E-state index is 0.00867. The highest BCUT2D eigenvalue weighted by atomic mass is 32.2. The molecule has 12 nitrogen and oxygen atoms in total. The third-order valence-electron chi connectivity index (χ3n) is 11.4. The van der Waals surface area contributed by atoms with Crippen LogP contribution in [0.5, 0.6) is 17.5 Å². The van der Waals surface area contributed by atoms with Crippen LogP contribution >= 0.6 is 11.8 Å². The number of benzene rings is 3. The number of nitrogens with zero attached hydrogens (tertiary/aromatic N) is 7. The lowest BCUT2D eigenvalue weighted by molar-refractivity contribution is -0.137. The topological polar surface area (TPSA) is 117 Å². The molecule has 4 heterocycles. The monoisotopic (exact) mass is 917 g/mol. The number of hydrogen-bond donors (Lipinski definition) is 1. The third-order valence-corrected chi connectivity index (χ3v) is 12.2. The average molecular weight is 918 g/mol. The van der Waals surface area contributed by atoms with E-state index >= 15 is 17.6 Å². The highest BCUT2D eigenvalue weighted by molar-refractivity contribution is 8.00. The summed E-state index contributed by atoms with van der Waals surface area (Å²) in [6.45, 7) is 3.79. The molecule has 1 amide bonds. The molecule has 64 heavy (non-hydrogen) atoms. The lowest BCUT2D eigenvalue weighted by Crippen LogP contribution is -2.53. The fourth-order valence-electron chi connectivity index (χ4n) is 8.16. The number of likely N-dealkylation sites (tertiary alicyclic amines) is 1. The Bertz CT molecular complexity index is 2430. The van der Waals surface area contributed by atoms with E-state index < -0.39 is 74.2 Å². The van der Waals surface area contributed by atoms with Gasteiger partial charge < -0.3 is 38.9 Å². The van der Waals surface area contributed by atoms with Crippen LogP contribution in [0.2, 0.25) is 0 Å². The van der Waals surface area contributed by atoms with E-state index in [1.54, 1.807) is 65.3 Å². The van der Waals surface area contributed by atoms with Crippen molar-refractivity contribution in [2.75, 3.05) is 63.9 Å². The fourth-order valence-corrected chi connectivity index (χ4v) is 8.87.